The predicted molar refractivity (Wildman–Crippen MR) is 101 cm³/mol. The summed E-state index contributed by atoms with van der Waals surface area (Å²) in [6.45, 7) is 13.3. The van der Waals surface area contributed by atoms with Gasteiger partial charge in [0.05, 0.1) is 0 Å². The summed E-state index contributed by atoms with van der Waals surface area (Å²) >= 11 is 0. The van der Waals surface area contributed by atoms with Crippen LogP contribution in [0, 0.1) is 0 Å². The van der Waals surface area contributed by atoms with Crippen LogP contribution in [0.25, 0.3) is 0 Å². The van der Waals surface area contributed by atoms with Crippen LogP contribution in [0.15, 0.2) is 24.3 Å². The van der Waals surface area contributed by atoms with Gasteiger partial charge in [0.15, 0.2) is 0 Å². The van der Waals surface area contributed by atoms with Crippen LogP contribution in [-0.2, 0) is 11.0 Å². The molecule has 0 radical (unpaired) electrons. The zero-order valence-electron chi connectivity index (χ0n) is 16.0. The molecule has 0 saturated carbocycles. The standard InChI is InChI=1S/C19H31NO3Si/c1-14(2)24(15(3)4,16(5)6)23-19(22)20(7)12-17-10-8-9-11-18(17)13-21/h8-11,13-16H,12H2,1-7H3. The van der Waals surface area contributed by atoms with Crippen LogP contribution in [0.1, 0.15) is 57.5 Å². The maximum absolute atomic E-state index is 12.7. The maximum atomic E-state index is 12.7. The van der Waals surface area contributed by atoms with Crippen molar-refractivity contribution in [3.05, 3.63) is 35.4 Å². The number of hydrogen-bond donors (Lipinski definition) is 0. The SMILES string of the molecule is CC(C)[Si](OC(=O)N(C)Cc1ccccc1C=O)(C(C)C)C(C)C. The minimum absolute atomic E-state index is 0.293. The van der Waals surface area contributed by atoms with Gasteiger partial charge in [-0.1, -0.05) is 65.8 Å². The lowest BCUT2D eigenvalue weighted by Gasteiger charge is -2.42. The molecule has 0 aliphatic rings. The van der Waals surface area contributed by atoms with Crippen LogP contribution >= 0.6 is 0 Å². The average molecular weight is 350 g/mol. The average Bonchev–Trinajstić information content (AvgIpc) is 2.51. The van der Waals surface area contributed by atoms with Gasteiger partial charge in [0.2, 0.25) is 0 Å². The zero-order chi connectivity index (χ0) is 18.5. The second kappa shape index (κ2) is 8.47. The molecule has 1 aromatic rings. The Morgan fingerprint density at radius 3 is 2.04 bits per heavy atom. The lowest BCUT2D eigenvalue weighted by molar-refractivity contribution is 0.112. The number of nitrogens with zero attached hydrogens (tertiary/aromatic N) is 1. The number of amides is 1. The summed E-state index contributed by atoms with van der Waals surface area (Å²) in [5.41, 5.74) is 2.47. The first-order chi connectivity index (χ1) is 11.2. The molecule has 0 unspecified atom stereocenters. The van der Waals surface area contributed by atoms with Crippen molar-refractivity contribution in [2.24, 2.45) is 0 Å². The minimum atomic E-state index is -2.25. The molecular formula is C19H31NO3Si. The Kier molecular flexibility index (Phi) is 7.20. The van der Waals surface area contributed by atoms with Gasteiger partial charge >= 0.3 is 6.09 Å². The number of hydrogen-bond acceptors (Lipinski definition) is 3. The summed E-state index contributed by atoms with van der Waals surface area (Å²) in [5.74, 6) is 0. The second-order valence-corrected chi connectivity index (χ2v) is 12.7. The molecule has 0 spiro atoms. The van der Waals surface area contributed by atoms with Gasteiger partial charge in [-0.25, -0.2) is 4.79 Å². The van der Waals surface area contributed by atoms with Gasteiger partial charge in [-0.2, -0.15) is 0 Å². The highest BCUT2D eigenvalue weighted by molar-refractivity contribution is 6.78. The molecular weight excluding hydrogens is 318 g/mol. The van der Waals surface area contributed by atoms with E-state index in [-0.39, 0.29) is 6.09 Å². The van der Waals surface area contributed by atoms with Gasteiger partial charge in [0.1, 0.15) is 6.29 Å². The van der Waals surface area contributed by atoms with Gasteiger partial charge < -0.3 is 9.33 Å². The van der Waals surface area contributed by atoms with E-state index in [9.17, 15) is 9.59 Å². The number of aldehydes is 1. The number of carbonyl (C=O) groups is 2. The van der Waals surface area contributed by atoms with E-state index in [2.05, 4.69) is 41.5 Å². The van der Waals surface area contributed by atoms with Crippen LogP contribution in [0.5, 0.6) is 0 Å². The van der Waals surface area contributed by atoms with Gasteiger partial charge in [-0.3, -0.25) is 4.79 Å². The van der Waals surface area contributed by atoms with Gasteiger partial charge in [-0.15, -0.1) is 0 Å². The molecule has 0 heterocycles. The van der Waals surface area contributed by atoms with E-state index in [0.717, 1.165) is 11.8 Å². The molecule has 4 nitrogen and oxygen atoms in total. The van der Waals surface area contributed by atoms with Gasteiger partial charge in [0, 0.05) is 19.2 Å². The molecule has 5 heteroatoms. The Morgan fingerprint density at radius 1 is 1.08 bits per heavy atom. The minimum Gasteiger partial charge on any atom is -0.503 e. The lowest BCUT2D eigenvalue weighted by Crippen LogP contribution is -2.51. The third-order valence-corrected chi connectivity index (χ3v) is 10.8. The number of benzene rings is 1. The van der Waals surface area contributed by atoms with Crippen molar-refractivity contribution in [3.63, 3.8) is 0 Å². The van der Waals surface area contributed by atoms with Crippen LogP contribution in [0.4, 0.5) is 4.79 Å². The highest BCUT2D eigenvalue weighted by Gasteiger charge is 2.48. The van der Waals surface area contributed by atoms with E-state index in [1.165, 1.54) is 0 Å². The molecule has 134 valence electrons. The van der Waals surface area contributed by atoms with Crippen molar-refractivity contribution in [1.82, 2.24) is 4.90 Å². The molecule has 0 fully saturated rings. The third kappa shape index (κ3) is 4.26. The number of carbonyl (C=O) groups excluding carboxylic acids is 2. The van der Waals surface area contributed by atoms with E-state index in [1.807, 2.05) is 18.2 Å². The van der Waals surface area contributed by atoms with Crippen molar-refractivity contribution >= 4 is 20.7 Å². The van der Waals surface area contributed by atoms with Crippen molar-refractivity contribution < 1.29 is 14.0 Å². The molecule has 1 amide bonds. The summed E-state index contributed by atoms with van der Waals surface area (Å²) in [6, 6.07) is 7.32. The Labute approximate surface area is 147 Å². The molecule has 0 aliphatic heterocycles. The first-order valence-corrected chi connectivity index (χ1v) is 10.8. The fourth-order valence-electron chi connectivity index (χ4n) is 3.70. The summed E-state index contributed by atoms with van der Waals surface area (Å²) < 4.78 is 6.17. The Balaban J connectivity index is 2.97. The third-order valence-electron chi connectivity index (χ3n) is 4.87. The van der Waals surface area contributed by atoms with E-state index in [1.54, 1.807) is 18.0 Å². The topological polar surface area (TPSA) is 46.6 Å². The first-order valence-electron chi connectivity index (χ1n) is 8.63. The smallest absolute Gasteiger partial charge is 0.396 e. The molecule has 0 bridgehead atoms. The molecule has 24 heavy (non-hydrogen) atoms. The molecule has 0 saturated heterocycles. The Morgan fingerprint density at radius 2 is 1.58 bits per heavy atom. The lowest BCUT2D eigenvalue weighted by atomic mass is 10.1. The zero-order valence-corrected chi connectivity index (χ0v) is 17.0. The molecule has 1 rings (SSSR count). The Bertz CT molecular complexity index is 548. The molecule has 0 N–H and O–H groups in total. The van der Waals surface area contributed by atoms with Crippen molar-refractivity contribution in [2.75, 3.05) is 7.05 Å². The maximum Gasteiger partial charge on any atom is 0.396 e. The fraction of sp³-hybridized carbons (Fsp3) is 0.579. The van der Waals surface area contributed by atoms with E-state index in [0.29, 0.717) is 28.7 Å². The number of rotatable bonds is 7. The second-order valence-electron chi connectivity index (χ2n) is 7.36. The quantitative estimate of drug-likeness (QED) is 0.499. The monoisotopic (exact) mass is 349 g/mol. The van der Waals surface area contributed by atoms with Crippen molar-refractivity contribution in [1.29, 1.82) is 0 Å². The van der Waals surface area contributed by atoms with Crippen LogP contribution in [0.2, 0.25) is 16.6 Å². The first kappa shape index (κ1) is 20.4. The normalized spacial score (nSPS) is 11.9. The van der Waals surface area contributed by atoms with E-state index in [4.69, 9.17) is 4.43 Å². The predicted octanol–water partition coefficient (Wildman–Crippen LogP) is 5.24. The Hall–Kier alpha value is -1.62. The summed E-state index contributed by atoms with van der Waals surface area (Å²) in [6.07, 6.45) is 0.530. The summed E-state index contributed by atoms with van der Waals surface area (Å²) in [5, 5.41) is 0. The van der Waals surface area contributed by atoms with Gasteiger partial charge in [0.25, 0.3) is 8.32 Å². The molecule has 0 atom stereocenters. The van der Waals surface area contributed by atoms with E-state index < -0.39 is 8.32 Å². The molecule has 0 aromatic heterocycles. The van der Waals surface area contributed by atoms with Crippen LogP contribution in [-0.4, -0.2) is 32.6 Å². The molecule has 0 aliphatic carbocycles. The highest BCUT2D eigenvalue weighted by Crippen LogP contribution is 2.42. The molecule has 1 aromatic carbocycles. The van der Waals surface area contributed by atoms with Crippen molar-refractivity contribution in [2.45, 2.75) is 64.7 Å². The van der Waals surface area contributed by atoms with Crippen LogP contribution in [0.3, 0.4) is 0 Å². The van der Waals surface area contributed by atoms with Gasteiger partial charge in [-0.05, 0) is 22.2 Å². The largest absolute Gasteiger partial charge is 0.503 e. The van der Waals surface area contributed by atoms with E-state index >= 15 is 0 Å². The summed E-state index contributed by atoms with van der Waals surface area (Å²) in [4.78, 5) is 25.4. The van der Waals surface area contributed by atoms with Crippen LogP contribution < -0.4 is 0 Å². The fourth-order valence-corrected chi connectivity index (χ4v) is 8.86. The van der Waals surface area contributed by atoms with Crippen molar-refractivity contribution in [3.8, 4) is 0 Å². The summed E-state index contributed by atoms with van der Waals surface area (Å²) in [7, 11) is -0.527. The highest BCUT2D eigenvalue weighted by atomic mass is 28.4.